The van der Waals surface area contributed by atoms with Gasteiger partial charge >= 0.3 is 0 Å². The number of benzene rings is 2. The number of nitrogens with one attached hydrogen (secondary N) is 1. The number of hydrogen-bond acceptors (Lipinski definition) is 4. The van der Waals surface area contributed by atoms with E-state index in [1.165, 1.54) is 23.4 Å². The Labute approximate surface area is 144 Å². The summed E-state index contributed by atoms with van der Waals surface area (Å²) < 4.78 is 0. The Balaban J connectivity index is 1.77. The van der Waals surface area contributed by atoms with E-state index in [0.717, 1.165) is 17.7 Å². The average Bonchev–Trinajstić information content (AvgIpc) is 3.41. The third-order valence-corrected chi connectivity index (χ3v) is 5.20. The maximum atomic E-state index is 12.5. The number of thioether (sulfide) groups is 1. The summed E-state index contributed by atoms with van der Waals surface area (Å²) in [5.74, 6) is -0.389. The third-order valence-electron chi connectivity index (χ3n) is 4.47. The molecule has 0 aromatic heterocycles. The number of carbonyl (C=O) groups is 1. The fourth-order valence-electron chi connectivity index (χ4n) is 2.84. The van der Waals surface area contributed by atoms with Crippen molar-refractivity contribution in [3.8, 4) is 0 Å². The van der Waals surface area contributed by atoms with E-state index in [-0.39, 0.29) is 22.6 Å². The molecule has 0 radical (unpaired) electrons. The first-order chi connectivity index (χ1) is 11.6. The molecule has 0 atom stereocenters. The lowest BCUT2D eigenvalue weighted by molar-refractivity contribution is -0.385. The van der Waals surface area contributed by atoms with Crippen LogP contribution in [0.25, 0.3) is 0 Å². The summed E-state index contributed by atoms with van der Waals surface area (Å²) >= 11 is 1.45. The maximum absolute atomic E-state index is 12.5. The topological polar surface area (TPSA) is 72.2 Å². The zero-order valence-electron chi connectivity index (χ0n) is 13.3. The minimum atomic E-state index is -0.511. The molecule has 5 nitrogen and oxygen atoms in total. The van der Waals surface area contributed by atoms with Crippen molar-refractivity contribution in [1.29, 1.82) is 0 Å². The number of nitro groups is 1. The highest BCUT2D eigenvalue weighted by Crippen LogP contribution is 2.47. The second kappa shape index (κ2) is 6.65. The van der Waals surface area contributed by atoms with E-state index in [1.54, 1.807) is 12.1 Å². The van der Waals surface area contributed by atoms with Gasteiger partial charge in [-0.15, -0.1) is 11.8 Å². The first kappa shape index (κ1) is 16.5. The Kier molecular flexibility index (Phi) is 4.57. The molecule has 0 unspecified atom stereocenters. The van der Waals surface area contributed by atoms with Crippen molar-refractivity contribution in [2.75, 3.05) is 12.8 Å². The minimum absolute atomic E-state index is 0.0250. The third kappa shape index (κ3) is 3.28. The van der Waals surface area contributed by atoms with E-state index < -0.39 is 4.92 Å². The summed E-state index contributed by atoms with van der Waals surface area (Å²) in [5.41, 5.74) is 1.14. The van der Waals surface area contributed by atoms with E-state index >= 15 is 0 Å². The average molecular weight is 342 g/mol. The number of amides is 1. The van der Waals surface area contributed by atoms with Crippen molar-refractivity contribution in [2.24, 2.45) is 0 Å². The highest BCUT2D eigenvalue weighted by atomic mass is 32.2. The molecule has 2 aromatic rings. The zero-order chi connectivity index (χ0) is 17.2. The maximum Gasteiger partial charge on any atom is 0.282 e. The van der Waals surface area contributed by atoms with Gasteiger partial charge in [-0.2, -0.15) is 0 Å². The quantitative estimate of drug-likeness (QED) is 0.493. The van der Waals surface area contributed by atoms with Crippen LogP contribution in [0.1, 0.15) is 28.8 Å². The van der Waals surface area contributed by atoms with E-state index in [9.17, 15) is 14.9 Å². The molecule has 1 aliphatic carbocycles. The second-order valence-corrected chi connectivity index (χ2v) is 6.85. The summed E-state index contributed by atoms with van der Waals surface area (Å²) in [4.78, 5) is 24.0. The van der Waals surface area contributed by atoms with Gasteiger partial charge in [0.1, 0.15) is 5.56 Å². The minimum Gasteiger partial charge on any atom is -0.351 e. The molecule has 0 heterocycles. The van der Waals surface area contributed by atoms with Crippen LogP contribution in [0.2, 0.25) is 0 Å². The van der Waals surface area contributed by atoms with Crippen LogP contribution >= 0.6 is 11.8 Å². The van der Waals surface area contributed by atoms with Crippen molar-refractivity contribution >= 4 is 23.4 Å². The predicted molar refractivity (Wildman–Crippen MR) is 94.6 cm³/mol. The number of nitro benzene ring substituents is 1. The van der Waals surface area contributed by atoms with Gasteiger partial charge in [-0.05, 0) is 36.8 Å². The molecule has 1 amide bonds. The molecule has 0 spiro atoms. The van der Waals surface area contributed by atoms with Gasteiger partial charge in [0.25, 0.3) is 11.6 Å². The van der Waals surface area contributed by atoms with E-state index in [2.05, 4.69) is 17.4 Å². The molecule has 2 aromatic carbocycles. The van der Waals surface area contributed by atoms with Crippen LogP contribution in [0.3, 0.4) is 0 Å². The SMILES string of the molecule is CSc1ccc([N+](=O)[O-])c(C(=O)NCC2(c3ccccc3)CC2)c1. The monoisotopic (exact) mass is 342 g/mol. The number of carbonyl (C=O) groups excluding carboxylic acids is 1. The normalized spacial score (nSPS) is 14.9. The molecule has 1 saturated carbocycles. The molecule has 24 heavy (non-hydrogen) atoms. The van der Waals surface area contributed by atoms with Crippen LogP contribution in [0.4, 0.5) is 5.69 Å². The van der Waals surface area contributed by atoms with E-state index in [1.807, 2.05) is 24.5 Å². The fourth-order valence-corrected chi connectivity index (χ4v) is 3.28. The summed E-state index contributed by atoms with van der Waals surface area (Å²) in [5, 5.41) is 14.1. The van der Waals surface area contributed by atoms with Crippen molar-refractivity contribution in [1.82, 2.24) is 5.32 Å². The molecule has 6 heteroatoms. The lowest BCUT2D eigenvalue weighted by Crippen LogP contribution is -2.32. The van der Waals surface area contributed by atoms with Gasteiger partial charge in [-0.1, -0.05) is 30.3 Å². The number of rotatable bonds is 6. The van der Waals surface area contributed by atoms with Crippen molar-refractivity contribution < 1.29 is 9.72 Å². The molecule has 0 bridgehead atoms. The van der Waals surface area contributed by atoms with Crippen molar-refractivity contribution in [3.63, 3.8) is 0 Å². The smallest absolute Gasteiger partial charge is 0.282 e. The summed E-state index contributed by atoms with van der Waals surface area (Å²) in [6.07, 6.45) is 3.91. The van der Waals surface area contributed by atoms with E-state index in [0.29, 0.717) is 6.54 Å². The summed E-state index contributed by atoms with van der Waals surface area (Å²) in [6.45, 7) is 0.497. The summed E-state index contributed by atoms with van der Waals surface area (Å²) in [6, 6.07) is 14.7. The molecule has 3 rings (SSSR count). The van der Waals surface area contributed by atoms with Gasteiger partial charge in [-0.25, -0.2) is 0 Å². The fraction of sp³-hybridized carbons (Fsp3) is 0.278. The Hall–Kier alpha value is -2.34. The second-order valence-electron chi connectivity index (χ2n) is 5.97. The van der Waals surface area contributed by atoms with Gasteiger partial charge in [0.05, 0.1) is 4.92 Å². The van der Waals surface area contributed by atoms with Crippen LogP contribution < -0.4 is 5.32 Å². The highest BCUT2D eigenvalue weighted by Gasteiger charge is 2.44. The van der Waals surface area contributed by atoms with Crippen molar-refractivity contribution in [2.45, 2.75) is 23.2 Å². The lowest BCUT2D eigenvalue weighted by Gasteiger charge is -2.16. The Bertz CT molecular complexity index is 773. The van der Waals surface area contributed by atoms with Crippen molar-refractivity contribution in [3.05, 3.63) is 69.8 Å². The zero-order valence-corrected chi connectivity index (χ0v) is 14.1. The molecule has 1 N–H and O–H groups in total. The summed E-state index contributed by atoms with van der Waals surface area (Å²) in [7, 11) is 0. The number of hydrogen-bond donors (Lipinski definition) is 1. The van der Waals surface area contributed by atoms with E-state index in [4.69, 9.17) is 0 Å². The first-order valence-electron chi connectivity index (χ1n) is 7.72. The Morgan fingerprint density at radius 3 is 2.54 bits per heavy atom. The Morgan fingerprint density at radius 1 is 1.25 bits per heavy atom. The molecule has 1 aliphatic rings. The standard InChI is InChI=1S/C18H18N2O3S/c1-24-14-7-8-16(20(22)23)15(11-14)17(21)19-12-18(9-10-18)13-5-3-2-4-6-13/h2-8,11H,9-10,12H2,1H3,(H,19,21). The van der Waals surface area contributed by atoms with Crippen LogP contribution in [-0.2, 0) is 5.41 Å². The van der Waals surface area contributed by atoms with Crippen LogP contribution in [-0.4, -0.2) is 23.6 Å². The van der Waals surface area contributed by atoms with Crippen LogP contribution in [0.5, 0.6) is 0 Å². The molecule has 1 fully saturated rings. The van der Waals surface area contributed by atoms with Gasteiger partial charge in [0, 0.05) is 22.9 Å². The van der Waals surface area contributed by atoms with Gasteiger partial charge < -0.3 is 5.32 Å². The lowest BCUT2D eigenvalue weighted by atomic mass is 9.96. The Morgan fingerprint density at radius 2 is 1.96 bits per heavy atom. The number of nitrogens with zero attached hydrogens (tertiary/aromatic N) is 1. The van der Waals surface area contributed by atoms with Gasteiger partial charge in [0.15, 0.2) is 0 Å². The highest BCUT2D eigenvalue weighted by molar-refractivity contribution is 7.98. The van der Waals surface area contributed by atoms with Gasteiger partial charge in [-0.3, -0.25) is 14.9 Å². The largest absolute Gasteiger partial charge is 0.351 e. The molecular weight excluding hydrogens is 324 g/mol. The van der Waals surface area contributed by atoms with Gasteiger partial charge in [0.2, 0.25) is 0 Å². The molecular formula is C18H18N2O3S. The molecule has 0 saturated heterocycles. The predicted octanol–water partition coefficient (Wildman–Crippen LogP) is 3.78. The first-order valence-corrected chi connectivity index (χ1v) is 8.94. The molecule has 124 valence electrons. The van der Waals surface area contributed by atoms with Crippen LogP contribution in [0, 0.1) is 10.1 Å². The van der Waals surface area contributed by atoms with Crippen LogP contribution in [0.15, 0.2) is 53.4 Å². The molecule has 0 aliphatic heterocycles.